The molecule has 1 atom stereocenters. The SMILES string of the molecule is CN(CCC(O)c1ccccc1F)Cc1cccc(Br)c1. The van der Waals surface area contributed by atoms with Gasteiger partial charge in [-0.15, -0.1) is 0 Å². The number of nitrogens with zero attached hydrogens (tertiary/aromatic N) is 1. The second kappa shape index (κ2) is 7.69. The second-order valence-electron chi connectivity index (χ2n) is 5.19. The van der Waals surface area contributed by atoms with E-state index in [2.05, 4.69) is 33.0 Å². The first-order valence-electron chi connectivity index (χ1n) is 6.92. The van der Waals surface area contributed by atoms with Gasteiger partial charge in [0.2, 0.25) is 0 Å². The Morgan fingerprint density at radius 3 is 2.67 bits per heavy atom. The summed E-state index contributed by atoms with van der Waals surface area (Å²) in [6, 6.07) is 14.5. The van der Waals surface area contributed by atoms with Crippen molar-refractivity contribution in [3.05, 3.63) is 69.9 Å². The molecule has 0 heterocycles. The third kappa shape index (κ3) is 4.92. The molecule has 0 aliphatic heterocycles. The van der Waals surface area contributed by atoms with Crippen molar-refractivity contribution in [2.45, 2.75) is 19.1 Å². The van der Waals surface area contributed by atoms with Gasteiger partial charge in [0, 0.05) is 23.1 Å². The highest BCUT2D eigenvalue weighted by Crippen LogP contribution is 2.20. The summed E-state index contributed by atoms with van der Waals surface area (Å²) in [5.41, 5.74) is 1.57. The van der Waals surface area contributed by atoms with Crippen molar-refractivity contribution in [2.75, 3.05) is 13.6 Å². The molecule has 0 radical (unpaired) electrons. The number of hydrogen-bond donors (Lipinski definition) is 1. The fraction of sp³-hybridized carbons (Fsp3) is 0.294. The molecule has 0 bridgehead atoms. The number of aliphatic hydroxyl groups excluding tert-OH is 1. The lowest BCUT2D eigenvalue weighted by atomic mass is 10.1. The van der Waals surface area contributed by atoms with E-state index in [9.17, 15) is 9.50 Å². The van der Waals surface area contributed by atoms with Crippen molar-refractivity contribution in [3.63, 3.8) is 0 Å². The molecule has 0 saturated carbocycles. The van der Waals surface area contributed by atoms with Gasteiger partial charge in [0.1, 0.15) is 5.82 Å². The smallest absolute Gasteiger partial charge is 0.128 e. The van der Waals surface area contributed by atoms with Crippen LogP contribution >= 0.6 is 15.9 Å². The van der Waals surface area contributed by atoms with Crippen molar-refractivity contribution in [3.8, 4) is 0 Å². The van der Waals surface area contributed by atoms with Crippen LogP contribution in [0.15, 0.2) is 53.0 Å². The zero-order valence-electron chi connectivity index (χ0n) is 12.0. The van der Waals surface area contributed by atoms with Crippen molar-refractivity contribution in [1.82, 2.24) is 4.90 Å². The lowest BCUT2D eigenvalue weighted by Crippen LogP contribution is -2.21. The number of halogens is 2. The number of benzene rings is 2. The summed E-state index contributed by atoms with van der Waals surface area (Å²) in [6.07, 6.45) is -0.262. The highest BCUT2D eigenvalue weighted by molar-refractivity contribution is 9.10. The highest BCUT2D eigenvalue weighted by Gasteiger charge is 2.13. The van der Waals surface area contributed by atoms with Gasteiger partial charge in [0.25, 0.3) is 0 Å². The maximum Gasteiger partial charge on any atom is 0.128 e. The highest BCUT2D eigenvalue weighted by atomic mass is 79.9. The first-order valence-corrected chi connectivity index (χ1v) is 7.71. The average molecular weight is 352 g/mol. The minimum atomic E-state index is -0.767. The van der Waals surface area contributed by atoms with E-state index in [1.54, 1.807) is 18.2 Å². The van der Waals surface area contributed by atoms with E-state index in [4.69, 9.17) is 0 Å². The van der Waals surface area contributed by atoms with Gasteiger partial charge in [0.15, 0.2) is 0 Å². The van der Waals surface area contributed by atoms with Crippen LogP contribution in [-0.4, -0.2) is 23.6 Å². The Kier molecular flexibility index (Phi) is 5.91. The van der Waals surface area contributed by atoms with Gasteiger partial charge in [-0.1, -0.05) is 46.3 Å². The van der Waals surface area contributed by atoms with Crippen LogP contribution in [0.4, 0.5) is 4.39 Å². The Morgan fingerprint density at radius 1 is 1.19 bits per heavy atom. The van der Waals surface area contributed by atoms with Gasteiger partial charge in [-0.2, -0.15) is 0 Å². The van der Waals surface area contributed by atoms with Gasteiger partial charge in [-0.25, -0.2) is 4.39 Å². The van der Waals surface area contributed by atoms with E-state index in [0.717, 1.165) is 11.0 Å². The monoisotopic (exact) mass is 351 g/mol. The second-order valence-corrected chi connectivity index (χ2v) is 6.11. The van der Waals surface area contributed by atoms with E-state index in [1.165, 1.54) is 11.6 Å². The molecule has 0 spiro atoms. The number of rotatable bonds is 6. The summed E-state index contributed by atoms with van der Waals surface area (Å²) < 4.78 is 14.6. The molecule has 112 valence electrons. The van der Waals surface area contributed by atoms with E-state index in [1.807, 2.05) is 19.2 Å². The summed E-state index contributed by atoms with van der Waals surface area (Å²) in [4.78, 5) is 2.12. The molecule has 1 N–H and O–H groups in total. The first-order chi connectivity index (χ1) is 10.1. The maximum atomic E-state index is 13.6. The standard InChI is InChI=1S/C17H19BrFNO/c1-20(12-13-5-4-6-14(18)11-13)10-9-17(21)15-7-2-3-8-16(15)19/h2-8,11,17,21H,9-10,12H2,1H3. The lowest BCUT2D eigenvalue weighted by molar-refractivity contribution is 0.144. The molecule has 1 unspecified atom stereocenters. The summed E-state index contributed by atoms with van der Waals surface area (Å²) in [5.74, 6) is -0.348. The predicted octanol–water partition coefficient (Wildman–Crippen LogP) is 4.14. The van der Waals surface area contributed by atoms with Crippen LogP contribution in [0.25, 0.3) is 0 Å². The van der Waals surface area contributed by atoms with Gasteiger partial charge in [-0.3, -0.25) is 0 Å². The van der Waals surface area contributed by atoms with Crippen LogP contribution in [0.3, 0.4) is 0 Å². The Labute approximate surface area is 133 Å². The molecule has 0 amide bonds. The van der Waals surface area contributed by atoms with Gasteiger partial charge in [-0.05, 0) is 37.2 Å². The van der Waals surface area contributed by atoms with E-state index in [-0.39, 0.29) is 5.82 Å². The molecule has 0 aliphatic carbocycles. The molecule has 0 aromatic heterocycles. The lowest BCUT2D eigenvalue weighted by Gasteiger charge is -2.19. The molecule has 2 nitrogen and oxygen atoms in total. The normalized spacial score (nSPS) is 12.6. The van der Waals surface area contributed by atoms with Crippen LogP contribution in [0.5, 0.6) is 0 Å². The fourth-order valence-electron chi connectivity index (χ4n) is 2.27. The number of hydrogen-bond acceptors (Lipinski definition) is 2. The van der Waals surface area contributed by atoms with Crippen LogP contribution < -0.4 is 0 Å². The van der Waals surface area contributed by atoms with Crippen LogP contribution in [-0.2, 0) is 6.54 Å². The molecule has 2 rings (SSSR count). The Balaban J connectivity index is 1.86. The molecule has 0 saturated heterocycles. The zero-order chi connectivity index (χ0) is 15.2. The molecule has 4 heteroatoms. The van der Waals surface area contributed by atoms with Gasteiger partial charge in [0.05, 0.1) is 6.10 Å². The van der Waals surface area contributed by atoms with E-state index < -0.39 is 6.10 Å². The number of aliphatic hydroxyl groups is 1. The molecule has 0 fully saturated rings. The third-order valence-corrected chi connectivity index (χ3v) is 3.88. The Morgan fingerprint density at radius 2 is 1.95 bits per heavy atom. The van der Waals surface area contributed by atoms with E-state index in [0.29, 0.717) is 18.5 Å². The Bertz CT molecular complexity index is 591. The van der Waals surface area contributed by atoms with Crippen molar-refractivity contribution in [1.29, 1.82) is 0 Å². The third-order valence-electron chi connectivity index (χ3n) is 3.39. The molecule has 21 heavy (non-hydrogen) atoms. The summed E-state index contributed by atoms with van der Waals surface area (Å²) in [7, 11) is 2.00. The average Bonchev–Trinajstić information content (AvgIpc) is 2.45. The van der Waals surface area contributed by atoms with Crippen LogP contribution in [0.2, 0.25) is 0 Å². The molecular weight excluding hydrogens is 333 g/mol. The van der Waals surface area contributed by atoms with Crippen molar-refractivity contribution in [2.24, 2.45) is 0 Å². The van der Waals surface area contributed by atoms with Crippen molar-refractivity contribution >= 4 is 15.9 Å². The minimum absolute atomic E-state index is 0.348. The molecule has 2 aromatic rings. The zero-order valence-corrected chi connectivity index (χ0v) is 13.6. The van der Waals surface area contributed by atoms with Gasteiger partial charge < -0.3 is 10.0 Å². The minimum Gasteiger partial charge on any atom is -0.388 e. The first kappa shape index (κ1) is 16.1. The quantitative estimate of drug-likeness (QED) is 0.845. The van der Waals surface area contributed by atoms with E-state index >= 15 is 0 Å². The summed E-state index contributed by atoms with van der Waals surface area (Å²) >= 11 is 3.45. The van der Waals surface area contributed by atoms with Crippen LogP contribution in [0, 0.1) is 5.82 Å². The molecule has 0 aliphatic rings. The van der Waals surface area contributed by atoms with Gasteiger partial charge >= 0.3 is 0 Å². The Hall–Kier alpha value is -1.23. The van der Waals surface area contributed by atoms with Crippen molar-refractivity contribution < 1.29 is 9.50 Å². The summed E-state index contributed by atoms with van der Waals surface area (Å²) in [6.45, 7) is 1.49. The molecular formula is C17H19BrFNO. The summed E-state index contributed by atoms with van der Waals surface area (Å²) in [5, 5.41) is 10.1. The largest absolute Gasteiger partial charge is 0.388 e. The molecule has 2 aromatic carbocycles. The predicted molar refractivity (Wildman–Crippen MR) is 86.5 cm³/mol. The topological polar surface area (TPSA) is 23.5 Å². The fourth-order valence-corrected chi connectivity index (χ4v) is 2.72. The maximum absolute atomic E-state index is 13.6. The van der Waals surface area contributed by atoms with Crippen LogP contribution in [0.1, 0.15) is 23.7 Å².